The van der Waals surface area contributed by atoms with Gasteiger partial charge in [-0.05, 0) is 6.42 Å². The van der Waals surface area contributed by atoms with Gasteiger partial charge in [0.1, 0.15) is 49.1 Å². The maximum absolute atomic E-state index is 12.7. The molecule has 17 heteroatoms. The fourth-order valence-electron chi connectivity index (χ4n) is 3.43. The molecule has 36 heavy (non-hydrogen) atoms. The van der Waals surface area contributed by atoms with Crippen LogP contribution in [0.25, 0.3) is 0 Å². The lowest BCUT2D eigenvalue weighted by molar-refractivity contribution is -0.229. The van der Waals surface area contributed by atoms with Gasteiger partial charge < -0.3 is 56.1 Å². The summed E-state index contributed by atoms with van der Waals surface area (Å²) in [5.41, 5.74) is 0. The van der Waals surface area contributed by atoms with Gasteiger partial charge in [-0.2, -0.15) is 0 Å². The molecule has 0 aromatic carbocycles. The third-order valence-electron chi connectivity index (χ3n) is 5.46. The second kappa shape index (κ2) is 12.5. The van der Waals surface area contributed by atoms with E-state index in [-0.39, 0.29) is 0 Å². The molecular formula is C19H27N3O14. The van der Waals surface area contributed by atoms with Crippen molar-refractivity contribution in [1.29, 1.82) is 0 Å². The number of cyclic esters (lactones) is 1. The molecule has 0 aromatic rings. The molecule has 9 N–H and O–H groups in total. The van der Waals surface area contributed by atoms with Gasteiger partial charge in [0.2, 0.25) is 11.8 Å². The van der Waals surface area contributed by atoms with E-state index < -0.39 is 117 Å². The average molecular weight is 521 g/mol. The summed E-state index contributed by atoms with van der Waals surface area (Å²) in [5.74, 6) is -7.66. The van der Waals surface area contributed by atoms with Crippen LogP contribution in [-0.2, 0) is 38.2 Å². The van der Waals surface area contributed by atoms with Gasteiger partial charge >= 0.3 is 17.9 Å². The van der Waals surface area contributed by atoms with Crippen LogP contribution in [0.15, 0.2) is 0 Å². The van der Waals surface area contributed by atoms with E-state index in [1.165, 1.54) is 0 Å². The van der Waals surface area contributed by atoms with Crippen molar-refractivity contribution >= 4 is 35.6 Å². The molecule has 2 saturated heterocycles. The summed E-state index contributed by atoms with van der Waals surface area (Å²) in [6.07, 6.45) is -11.0. The minimum Gasteiger partial charge on any atom is -0.481 e. The fourth-order valence-corrected chi connectivity index (χ4v) is 3.43. The first-order valence-corrected chi connectivity index (χ1v) is 10.7. The number of fused-ring (bicyclic) bond motifs is 2. The predicted molar refractivity (Wildman–Crippen MR) is 110 cm³/mol. The zero-order valence-electron chi connectivity index (χ0n) is 18.6. The van der Waals surface area contributed by atoms with Crippen molar-refractivity contribution in [2.24, 2.45) is 0 Å². The van der Waals surface area contributed by atoms with E-state index in [1.807, 2.05) is 10.6 Å². The molecule has 2 aliphatic heterocycles. The SMILES string of the molecule is O=C(O)CCC(NC(=O)[C@@H]1CC(=O)OC[C@@H]2O[C@@H](C(=O)N[C@H](CO)C(=O)N1)[C@@H](O)[C@H](O)[C@@H]2O)C(=O)O. The quantitative estimate of drug-likeness (QED) is 0.141. The third-order valence-corrected chi connectivity index (χ3v) is 5.46. The van der Waals surface area contributed by atoms with Gasteiger partial charge in [-0.25, -0.2) is 4.79 Å². The first kappa shape index (κ1) is 28.9. The predicted octanol–water partition coefficient (Wildman–Crippen LogP) is -5.82. The van der Waals surface area contributed by atoms with Gasteiger partial charge in [-0.15, -0.1) is 0 Å². The van der Waals surface area contributed by atoms with E-state index in [4.69, 9.17) is 14.6 Å². The Kier molecular flexibility index (Phi) is 10.1. The molecule has 0 saturated carbocycles. The first-order valence-electron chi connectivity index (χ1n) is 10.7. The molecule has 3 amide bonds. The molecule has 2 fully saturated rings. The molecule has 2 bridgehead atoms. The Balaban J connectivity index is 2.29. The largest absolute Gasteiger partial charge is 0.481 e. The van der Waals surface area contributed by atoms with Crippen LogP contribution in [0.3, 0.4) is 0 Å². The van der Waals surface area contributed by atoms with E-state index in [2.05, 4.69) is 5.32 Å². The molecule has 0 spiro atoms. The van der Waals surface area contributed by atoms with E-state index in [9.17, 15) is 54.3 Å². The van der Waals surface area contributed by atoms with Gasteiger partial charge in [0.25, 0.3) is 5.91 Å². The zero-order chi connectivity index (χ0) is 27.2. The highest BCUT2D eigenvalue weighted by Gasteiger charge is 2.48. The molecule has 17 nitrogen and oxygen atoms in total. The Labute approximate surface area is 202 Å². The minimum absolute atomic E-state index is 0.514. The monoisotopic (exact) mass is 521 g/mol. The van der Waals surface area contributed by atoms with E-state index in [1.54, 1.807) is 0 Å². The standard InChI is InChI=1S/C19H27N3O14/c23-4-8-17(31)21-7(16(30)20-6(19(33)34)1-2-10(24)25)3-11(26)35-5-9-12(27)13(28)14(29)15(36-9)18(32)22-8/h6-9,12-15,23,27-29H,1-5H2,(H,20,30)(H,21,31)(H,22,32)(H,24,25)(H,33,34)/t6?,7-,8+,9-,12+,13+,14-,15+/m0/s1. The maximum atomic E-state index is 12.7. The Morgan fingerprint density at radius 3 is 2.25 bits per heavy atom. The second-order valence-electron chi connectivity index (χ2n) is 8.09. The molecule has 2 heterocycles. The number of carbonyl (C=O) groups is 6. The van der Waals surface area contributed by atoms with E-state index >= 15 is 0 Å². The molecule has 1 unspecified atom stereocenters. The fraction of sp³-hybridized carbons (Fsp3) is 0.684. The molecule has 0 radical (unpaired) electrons. The van der Waals surface area contributed by atoms with Crippen LogP contribution < -0.4 is 16.0 Å². The molecule has 8 atom stereocenters. The average Bonchev–Trinajstić information content (AvgIpc) is 2.82. The number of aliphatic hydroxyl groups is 4. The normalized spacial score (nSPS) is 32.3. The number of carboxylic acid groups (broad SMARTS) is 2. The smallest absolute Gasteiger partial charge is 0.326 e. The summed E-state index contributed by atoms with van der Waals surface area (Å²) in [6, 6.07) is -5.22. The number of amides is 3. The van der Waals surface area contributed by atoms with Gasteiger partial charge in [-0.1, -0.05) is 0 Å². The van der Waals surface area contributed by atoms with Crippen molar-refractivity contribution in [3.63, 3.8) is 0 Å². The van der Waals surface area contributed by atoms with Gasteiger partial charge in [-0.3, -0.25) is 24.0 Å². The van der Waals surface area contributed by atoms with E-state index in [0.29, 0.717) is 0 Å². The Morgan fingerprint density at radius 2 is 1.67 bits per heavy atom. The Morgan fingerprint density at radius 1 is 1.00 bits per heavy atom. The zero-order valence-corrected chi connectivity index (χ0v) is 18.6. The van der Waals surface area contributed by atoms with Crippen LogP contribution in [0.2, 0.25) is 0 Å². The number of carbonyl (C=O) groups excluding carboxylic acids is 4. The molecule has 202 valence electrons. The van der Waals surface area contributed by atoms with Crippen LogP contribution in [0, 0.1) is 0 Å². The van der Waals surface area contributed by atoms with Crippen LogP contribution >= 0.6 is 0 Å². The van der Waals surface area contributed by atoms with Crippen molar-refractivity contribution < 1.29 is 68.9 Å². The number of aliphatic hydroxyl groups excluding tert-OH is 4. The van der Waals surface area contributed by atoms with Crippen LogP contribution in [0.1, 0.15) is 19.3 Å². The van der Waals surface area contributed by atoms with Crippen LogP contribution in [0.4, 0.5) is 0 Å². The number of aliphatic carboxylic acids is 2. The van der Waals surface area contributed by atoms with Crippen LogP contribution in [-0.4, -0.2) is 128 Å². The molecular weight excluding hydrogens is 494 g/mol. The number of nitrogens with one attached hydrogen (secondary N) is 3. The van der Waals surface area contributed by atoms with Crippen LogP contribution in [0.5, 0.6) is 0 Å². The first-order chi connectivity index (χ1) is 16.8. The topological polar surface area (TPSA) is 278 Å². The van der Waals surface area contributed by atoms with Gasteiger partial charge in [0.05, 0.1) is 13.0 Å². The molecule has 2 rings (SSSR count). The summed E-state index contributed by atoms with van der Waals surface area (Å²) >= 11 is 0. The number of esters is 1. The number of ether oxygens (including phenoxy) is 2. The highest BCUT2D eigenvalue weighted by atomic mass is 16.6. The molecule has 0 aliphatic carbocycles. The summed E-state index contributed by atoms with van der Waals surface area (Å²) < 4.78 is 10.1. The summed E-state index contributed by atoms with van der Waals surface area (Å²) in [6.45, 7) is -1.76. The summed E-state index contributed by atoms with van der Waals surface area (Å²) in [5, 5.41) is 63.8. The number of carboxylic acids is 2. The molecule has 0 aromatic heterocycles. The summed E-state index contributed by atoms with van der Waals surface area (Å²) in [7, 11) is 0. The Bertz CT molecular complexity index is 881. The lowest BCUT2D eigenvalue weighted by Crippen LogP contribution is -2.64. The Hall–Kier alpha value is -3.38. The van der Waals surface area contributed by atoms with Crippen molar-refractivity contribution in [3.8, 4) is 0 Å². The second-order valence-corrected chi connectivity index (χ2v) is 8.09. The maximum Gasteiger partial charge on any atom is 0.326 e. The van der Waals surface area contributed by atoms with Gasteiger partial charge in [0, 0.05) is 6.42 Å². The highest BCUT2D eigenvalue weighted by molar-refractivity contribution is 5.96. The molecule has 2 aliphatic rings. The van der Waals surface area contributed by atoms with E-state index in [0.717, 1.165) is 0 Å². The lowest BCUT2D eigenvalue weighted by atomic mass is 9.94. The summed E-state index contributed by atoms with van der Waals surface area (Å²) in [4.78, 5) is 72.3. The van der Waals surface area contributed by atoms with Crippen molar-refractivity contribution in [2.75, 3.05) is 13.2 Å². The minimum atomic E-state index is -1.95. The lowest BCUT2D eigenvalue weighted by Gasteiger charge is -2.39. The van der Waals surface area contributed by atoms with Crippen molar-refractivity contribution in [1.82, 2.24) is 16.0 Å². The van der Waals surface area contributed by atoms with Gasteiger partial charge in [0.15, 0.2) is 6.10 Å². The van der Waals surface area contributed by atoms with Crippen molar-refractivity contribution in [2.45, 2.75) is 67.9 Å². The highest BCUT2D eigenvalue weighted by Crippen LogP contribution is 2.22. The van der Waals surface area contributed by atoms with Crippen molar-refractivity contribution in [3.05, 3.63) is 0 Å². The number of rotatable bonds is 7. The number of hydrogen-bond donors (Lipinski definition) is 9. The third kappa shape index (κ3) is 7.31. The number of hydrogen-bond acceptors (Lipinski definition) is 12.